The molecule has 10 rings (SSSR count). The molecule has 3 aliphatic rings. The van der Waals surface area contributed by atoms with Crippen LogP contribution in [0.15, 0.2) is 90.6 Å². The highest BCUT2D eigenvalue weighted by Gasteiger charge is 2.58. The zero-order valence-electron chi connectivity index (χ0n) is 78.8. The van der Waals surface area contributed by atoms with Gasteiger partial charge in [0.25, 0.3) is 0 Å². The molecule has 3 fully saturated rings. The van der Waals surface area contributed by atoms with E-state index in [4.69, 9.17) is 9.47 Å². The summed E-state index contributed by atoms with van der Waals surface area (Å²) in [6.45, 7) is 67.5. The lowest BCUT2D eigenvalue weighted by Gasteiger charge is -2.37. The Morgan fingerprint density at radius 1 is 0.496 bits per heavy atom. The van der Waals surface area contributed by atoms with Crippen LogP contribution >= 0.6 is 24.4 Å². The summed E-state index contributed by atoms with van der Waals surface area (Å²) >= 11 is 5.80. The fraction of sp³-hybridized carbons (Fsp3) is 0.587. The molecule has 0 aliphatic heterocycles. The molecular formula is C104H152N4O9S2. The lowest BCUT2D eigenvalue weighted by Crippen LogP contribution is -2.27. The fourth-order valence-electron chi connectivity index (χ4n) is 17.9. The van der Waals surface area contributed by atoms with Gasteiger partial charge in [0, 0.05) is 47.0 Å². The van der Waals surface area contributed by atoms with Gasteiger partial charge < -0.3 is 40.3 Å². The number of thiol groups is 1. The van der Waals surface area contributed by atoms with Gasteiger partial charge in [-0.25, -0.2) is 9.78 Å². The summed E-state index contributed by atoms with van der Waals surface area (Å²) in [4.78, 5) is 37.6. The first kappa shape index (κ1) is 98.6. The molecule has 3 saturated carbocycles. The van der Waals surface area contributed by atoms with Gasteiger partial charge in [-0.3, -0.25) is 4.79 Å². The number of benzene rings is 6. The summed E-state index contributed by atoms with van der Waals surface area (Å²) in [5.74, 6) is 8.63. The number of phenols is 5. The maximum absolute atomic E-state index is 12.1. The van der Waals surface area contributed by atoms with Crippen LogP contribution in [0.1, 0.15) is 362 Å². The number of aromatic hydroxyl groups is 5. The Bertz CT molecular complexity index is 4600. The molecule has 15 heteroatoms. The molecule has 0 amide bonds. The van der Waals surface area contributed by atoms with E-state index in [0.29, 0.717) is 95.8 Å². The third kappa shape index (κ3) is 26.3. The predicted octanol–water partition coefficient (Wildman–Crippen LogP) is 27.0. The van der Waals surface area contributed by atoms with Gasteiger partial charge in [-0.2, -0.15) is 22.6 Å². The number of aromatic nitrogens is 3. The van der Waals surface area contributed by atoms with E-state index in [9.17, 15) is 35.1 Å². The van der Waals surface area contributed by atoms with E-state index < -0.39 is 5.97 Å². The minimum absolute atomic E-state index is 0.0718. The number of aryl methyl sites for hydroxylation is 6. The van der Waals surface area contributed by atoms with Crippen molar-refractivity contribution in [1.29, 1.82) is 0 Å². The molecular weight excluding hydrogens is 1510 g/mol. The molecule has 6 atom stereocenters. The number of nitrogens with one attached hydrogen (secondary N) is 1. The summed E-state index contributed by atoms with van der Waals surface area (Å²) in [6, 6.07) is 25.1. The zero-order chi connectivity index (χ0) is 89.4. The zero-order valence-corrected chi connectivity index (χ0v) is 80.5. The first-order valence-corrected chi connectivity index (χ1v) is 45.6. The van der Waals surface area contributed by atoms with Crippen LogP contribution in [0.2, 0.25) is 0 Å². The number of hydrogen-bond acceptors (Lipinski definition) is 15. The monoisotopic (exact) mass is 1670 g/mol. The molecule has 3 aliphatic carbocycles. The number of carbonyl (C=O) groups excluding carboxylic acids is 2. The van der Waals surface area contributed by atoms with Crippen molar-refractivity contribution in [3.8, 4) is 34.5 Å². The van der Waals surface area contributed by atoms with Crippen molar-refractivity contribution < 1.29 is 44.6 Å². The van der Waals surface area contributed by atoms with Crippen molar-refractivity contribution in [1.82, 2.24) is 15.0 Å². The molecule has 1 heterocycles. The lowest BCUT2D eigenvalue weighted by atomic mass is 9.68. The smallest absolute Gasteiger partial charge is 0.335 e. The second-order valence-electron chi connectivity index (χ2n) is 42.8. The first-order valence-electron chi connectivity index (χ1n) is 44.0. The van der Waals surface area contributed by atoms with Crippen LogP contribution in [0.4, 0.5) is 11.6 Å². The standard InChI is InChI=1S/C32H44O2.C26H42N4OS.C26H34O3.C20H32O3S/c1-17-11-24(29(33)26(13-17)31(3,4)5)21-10-9-20-19-15-22(23(16-19)28(20)21)25-12-18(2)14-27(30(25)34)32(6,7)8;1-9-10-11-12-13-14-15-32-24-28-18(2)27-23(30-24)29-19-16-20(25(3,4)5)22(31)21(17-19)26(6,7)8;1-10-22(27)29-24-19(12-17(3)14-21(24)26(7,8)9)15-18-11-16(2)13-20(23(18)28)25(4,5)6;1-19(2,3)15-12-14(8-9-17(21)23-10-7-11-24)13-16(18(15)22)20(4,5)6/h11-14,19-23,28,33-34H,9-10,15-16H2,1-8H3;16-17,31H,9-15H2,1-8H3,(H,27,28,29,30);10-14,28H,1,15H2,2-9H3;12-13,22,24H,7-11H2,1-6H3. The molecule has 7 aromatic rings. The van der Waals surface area contributed by atoms with Crippen LogP contribution in [-0.4, -0.2) is 70.5 Å². The average Bonchev–Trinajstić information content (AvgIpc) is 1.56. The molecule has 0 radical (unpaired) electrons. The van der Waals surface area contributed by atoms with Gasteiger partial charge in [-0.1, -0.05) is 306 Å². The number of thioether (sulfide) groups is 1. The van der Waals surface area contributed by atoms with E-state index in [0.717, 1.165) is 113 Å². The number of fused-ring (bicyclic) bond motifs is 5. The fourth-order valence-corrected chi connectivity index (χ4v) is 18.9. The highest BCUT2D eigenvalue weighted by Crippen LogP contribution is 2.69. The summed E-state index contributed by atoms with van der Waals surface area (Å²) in [5.41, 5.74) is 17.2. The first-order chi connectivity index (χ1) is 54.9. The largest absolute Gasteiger partial charge is 0.507 e. The maximum atomic E-state index is 12.1. The number of hydrogen-bond donors (Lipinski definition) is 7. The van der Waals surface area contributed by atoms with Crippen LogP contribution < -0.4 is 10.1 Å². The molecule has 13 nitrogen and oxygen atoms in total. The number of phenolic OH excluding ortho intramolecular Hbond substituents is 5. The van der Waals surface area contributed by atoms with Crippen LogP contribution in [0.25, 0.3) is 0 Å². The molecule has 2 bridgehead atoms. The molecule has 6 unspecified atom stereocenters. The summed E-state index contributed by atoms with van der Waals surface area (Å²) in [6.07, 6.45) is 16.1. The third-order valence-electron chi connectivity index (χ3n) is 23.9. The Hall–Kier alpha value is -7.49. The molecule has 0 saturated heterocycles. The quantitative estimate of drug-likeness (QED) is 0.00642. The number of unbranched alkanes of at least 4 members (excludes halogenated alkanes) is 5. The van der Waals surface area contributed by atoms with Crippen LogP contribution in [-0.2, 0) is 70.5 Å². The number of nitrogens with zero attached hydrogens (tertiary/aromatic N) is 3. The topological polar surface area (TPSA) is 204 Å². The third-order valence-corrected chi connectivity index (χ3v) is 25.2. The summed E-state index contributed by atoms with van der Waals surface area (Å²) in [5, 5.41) is 59.7. The number of rotatable bonds is 22. The minimum Gasteiger partial charge on any atom is -0.507 e. The number of esters is 2. The van der Waals surface area contributed by atoms with E-state index in [1.807, 2.05) is 63.2 Å². The SMILES string of the molecule is C=CC(=O)Oc1c(Cc2cc(C)cc(C(C)(C)C)c2O)cc(C)cc1C(C)(C)C.CC(C)(C)c1cc(CCC(=O)OCCCS)cc(C(C)(C)C)c1O.CCCCCCCCSc1nc(C)nc(Nc2cc(C(C)(C)C)c(O)c(C(C)(C)C)c2)n1.Cc1cc(C2CC3CC2C2C(c4cc(C)cc(C(C)(C)C)c4O)CCC32)c(O)c(C(C)(C)C)c1. The van der Waals surface area contributed by atoms with Crippen molar-refractivity contribution >= 4 is 48.0 Å². The predicted molar refractivity (Wildman–Crippen MR) is 502 cm³/mol. The Kier molecular flexibility index (Phi) is 33.0. The second kappa shape index (κ2) is 39.8. The molecule has 654 valence electrons. The van der Waals surface area contributed by atoms with Crippen LogP contribution in [0.3, 0.4) is 0 Å². The van der Waals surface area contributed by atoms with Gasteiger partial charge in [-0.15, -0.1) is 0 Å². The Morgan fingerprint density at radius 2 is 0.933 bits per heavy atom. The Balaban J connectivity index is 0.000000221. The molecule has 119 heavy (non-hydrogen) atoms. The van der Waals surface area contributed by atoms with Crippen molar-refractivity contribution in [3.63, 3.8) is 0 Å². The Morgan fingerprint density at radius 3 is 1.41 bits per heavy atom. The van der Waals surface area contributed by atoms with E-state index in [-0.39, 0.29) is 49.3 Å². The Labute approximate surface area is 728 Å². The summed E-state index contributed by atoms with van der Waals surface area (Å²) in [7, 11) is 0. The highest BCUT2D eigenvalue weighted by atomic mass is 32.2. The molecule has 0 spiro atoms. The molecule has 1 aromatic heterocycles. The number of ether oxygens (including phenoxy) is 2. The van der Waals surface area contributed by atoms with Crippen LogP contribution in [0.5, 0.6) is 34.5 Å². The summed E-state index contributed by atoms with van der Waals surface area (Å²) < 4.78 is 10.9. The van der Waals surface area contributed by atoms with Crippen LogP contribution in [0, 0.1) is 58.3 Å². The van der Waals surface area contributed by atoms with Gasteiger partial charge in [0.05, 0.1) is 6.61 Å². The van der Waals surface area contributed by atoms with Gasteiger partial charge in [-0.05, 0) is 232 Å². The highest BCUT2D eigenvalue weighted by molar-refractivity contribution is 7.99. The lowest BCUT2D eigenvalue weighted by molar-refractivity contribution is -0.143. The molecule has 6 N–H and O–H groups in total. The minimum atomic E-state index is -0.482. The van der Waals surface area contributed by atoms with Crippen molar-refractivity contribution in [2.75, 3.05) is 23.4 Å². The second-order valence-corrected chi connectivity index (χ2v) is 44.3. The average molecular weight is 1670 g/mol. The van der Waals surface area contributed by atoms with E-state index >= 15 is 0 Å². The maximum Gasteiger partial charge on any atom is 0.335 e. The van der Waals surface area contributed by atoms with Gasteiger partial charge in [0.1, 0.15) is 40.3 Å². The number of anilines is 2. The van der Waals surface area contributed by atoms with Crippen molar-refractivity contribution in [2.45, 2.75) is 358 Å². The van der Waals surface area contributed by atoms with Crippen molar-refractivity contribution in [3.05, 3.63) is 186 Å². The van der Waals surface area contributed by atoms with Gasteiger partial charge in [0.15, 0.2) is 5.16 Å². The molecule has 6 aromatic carbocycles. The van der Waals surface area contributed by atoms with E-state index in [1.165, 1.54) is 92.5 Å². The normalized spacial score (nSPS) is 17.5. The van der Waals surface area contributed by atoms with Gasteiger partial charge in [0.2, 0.25) is 5.95 Å². The van der Waals surface area contributed by atoms with E-state index in [1.54, 1.807) is 11.8 Å². The van der Waals surface area contributed by atoms with Gasteiger partial charge >= 0.3 is 11.9 Å². The van der Waals surface area contributed by atoms with E-state index in [2.05, 4.69) is 257 Å². The number of carbonyl (C=O) groups is 2. The van der Waals surface area contributed by atoms with Crippen molar-refractivity contribution in [2.24, 2.45) is 23.7 Å².